The van der Waals surface area contributed by atoms with Crippen molar-refractivity contribution < 1.29 is 5.11 Å². The van der Waals surface area contributed by atoms with Gasteiger partial charge in [0.25, 0.3) is 5.56 Å². The molecule has 0 unspecified atom stereocenters. The number of aromatic nitrogens is 2. The third kappa shape index (κ3) is 3.41. The van der Waals surface area contributed by atoms with E-state index in [-0.39, 0.29) is 5.56 Å². The molecule has 0 fully saturated rings. The number of benzene rings is 2. The van der Waals surface area contributed by atoms with E-state index in [0.29, 0.717) is 5.69 Å². The highest BCUT2D eigenvalue weighted by atomic mass is 16.3. The van der Waals surface area contributed by atoms with Crippen molar-refractivity contribution in [3.8, 4) is 11.6 Å². The Morgan fingerprint density at radius 2 is 1.85 bits per heavy atom. The minimum absolute atomic E-state index is 0.117. The standard InChI is InChI=1S/C19H18N4O3/c1-12-8-9-13(2)16(10-12)23-18(25)15(17(24)21-19(23)26)11-20-22-14-6-4-3-5-7-14/h3-11,22,25H,1-2H3,(H,21,24,26). The quantitative estimate of drug-likeness (QED) is 0.496. The topological polar surface area (TPSA) is 99.5 Å². The van der Waals surface area contributed by atoms with E-state index < -0.39 is 17.1 Å². The van der Waals surface area contributed by atoms with E-state index in [0.717, 1.165) is 21.4 Å². The average Bonchev–Trinajstić information content (AvgIpc) is 2.61. The second-order valence-corrected chi connectivity index (χ2v) is 5.86. The van der Waals surface area contributed by atoms with Crippen molar-refractivity contribution in [2.75, 3.05) is 5.43 Å². The van der Waals surface area contributed by atoms with Crippen LogP contribution < -0.4 is 16.7 Å². The van der Waals surface area contributed by atoms with Gasteiger partial charge in [-0.1, -0.05) is 30.3 Å². The van der Waals surface area contributed by atoms with E-state index >= 15 is 0 Å². The minimum atomic E-state index is -0.715. The highest BCUT2D eigenvalue weighted by Gasteiger charge is 2.15. The first-order valence-electron chi connectivity index (χ1n) is 7.97. The summed E-state index contributed by atoms with van der Waals surface area (Å²) in [7, 11) is 0. The molecular formula is C19H18N4O3. The Balaban J connectivity index is 2.06. The SMILES string of the molecule is Cc1ccc(C)c(-n2c(O)c(C=NNc3ccccc3)c(=O)[nH]c2=O)c1. The normalized spacial score (nSPS) is 11.0. The summed E-state index contributed by atoms with van der Waals surface area (Å²) in [6, 6.07) is 14.6. The number of nitrogens with zero attached hydrogens (tertiary/aromatic N) is 2. The van der Waals surface area contributed by atoms with Gasteiger partial charge < -0.3 is 5.11 Å². The molecule has 7 nitrogen and oxygen atoms in total. The second kappa shape index (κ2) is 7.10. The second-order valence-electron chi connectivity index (χ2n) is 5.86. The van der Waals surface area contributed by atoms with Crippen LogP contribution in [0.4, 0.5) is 5.69 Å². The van der Waals surface area contributed by atoms with E-state index in [1.54, 1.807) is 18.2 Å². The first-order valence-corrected chi connectivity index (χ1v) is 7.97. The first-order chi connectivity index (χ1) is 12.5. The molecule has 3 N–H and O–H groups in total. The van der Waals surface area contributed by atoms with Crippen LogP contribution in [0.15, 0.2) is 63.2 Å². The van der Waals surface area contributed by atoms with Crippen molar-refractivity contribution in [3.63, 3.8) is 0 Å². The lowest BCUT2D eigenvalue weighted by Crippen LogP contribution is -2.31. The van der Waals surface area contributed by atoms with Gasteiger partial charge in [0.15, 0.2) is 0 Å². The highest BCUT2D eigenvalue weighted by Crippen LogP contribution is 2.20. The van der Waals surface area contributed by atoms with Crippen LogP contribution in [0.5, 0.6) is 5.88 Å². The Kier molecular flexibility index (Phi) is 4.70. The molecule has 0 spiro atoms. The van der Waals surface area contributed by atoms with Gasteiger partial charge >= 0.3 is 5.69 Å². The number of aromatic hydroxyl groups is 1. The van der Waals surface area contributed by atoms with Crippen LogP contribution in [0.2, 0.25) is 0 Å². The van der Waals surface area contributed by atoms with E-state index in [2.05, 4.69) is 15.5 Å². The van der Waals surface area contributed by atoms with Crippen LogP contribution in [0.25, 0.3) is 5.69 Å². The van der Waals surface area contributed by atoms with Gasteiger partial charge in [-0.3, -0.25) is 15.2 Å². The lowest BCUT2D eigenvalue weighted by Gasteiger charge is -2.12. The van der Waals surface area contributed by atoms with Gasteiger partial charge in [0, 0.05) is 0 Å². The van der Waals surface area contributed by atoms with E-state index in [4.69, 9.17) is 0 Å². The molecule has 132 valence electrons. The number of aromatic amines is 1. The molecule has 3 rings (SSSR count). The molecule has 3 aromatic rings. The molecule has 0 aliphatic heterocycles. The number of hydrazone groups is 1. The van der Waals surface area contributed by atoms with Crippen LogP contribution >= 0.6 is 0 Å². The molecule has 0 radical (unpaired) electrons. The zero-order valence-corrected chi connectivity index (χ0v) is 14.4. The van der Waals surface area contributed by atoms with Gasteiger partial charge in [0.1, 0.15) is 5.56 Å². The smallest absolute Gasteiger partial charge is 0.335 e. The third-order valence-electron chi connectivity index (χ3n) is 3.89. The molecule has 2 aromatic carbocycles. The maximum Gasteiger partial charge on any atom is 0.335 e. The summed E-state index contributed by atoms with van der Waals surface area (Å²) in [4.78, 5) is 26.6. The Bertz CT molecular complexity index is 1080. The monoisotopic (exact) mass is 350 g/mol. The number of hydrogen-bond donors (Lipinski definition) is 3. The number of para-hydroxylation sites is 1. The van der Waals surface area contributed by atoms with E-state index in [9.17, 15) is 14.7 Å². The molecule has 0 aliphatic rings. The van der Waals surface area contributed by atoms with Gasteiger partial charge in [-0.05, 0) is 43.2 Å². The molecular weight excluding hydrogens is 332 g/mol. The summed E-state index contributed by atoms with van der Waals surface area (Å²) in [6.07, 6.45) is 1.18. The minimum Gasteiger partial charge on any atom is -0.493 e. The largest absolute Gasteiger partial charge is 0.493 e. The Morgan fingerprint density at radius 1 is 1.12 bits per heavy atom. The third-order valence-corrected chi connectivity index (χ3v) is 3.89. The van der Waals surface area contributed by atoms with Crippen molar-refractivity contribution in [1.82, 2.24) is 9.55 Å². The Morgan fingerprint density at radius 3 is 2.58 bits per heavy atom. The summed E-state index contributed by atoms with van der Waals surface area (Å²) < 4.78 is 1.06. The lowest BCUT2D eigenvalue weighted by atomic mass is 10.1. The summed E-state index contributed by atoms with van der Waals surface area (Å²) in [5, 5.41) is 14.5. The fourth-order valence-corrected chi connectivity index (χ4v) is 2.52. The zero-order valence-electron chi connectivity index (χ0n) is 14.4. The fraction of sp³-hybridized carbons (Fsp3) is 0.105. The van der Waals surface area contributed by atoms with Crippen LogP contribution in [-0.2, 0) is 0 Å². The van der Waals surface area contributed by atoms with Gasteiger partial charge in [0.05, 0.1) is 17.6 Å². The molecule has 0 saturated heterocycles. The predicted molar refractivity (Wildman–Crippen MR) is 101 cm³/mol. The maximum atomic E-state index is 12.3. The number of aryl methyl sites for hydroxylation is 2. The summed E-state index contributed by atoms with van der Waals surface area (Å²) in [5.74, 6) is -0.467. The Hall–Kier alpha value is -3.61. The number of H-pyrrole nitrogens is 1. The van der Waals surface area contributed by atoms with Crippen LogP contribution in [-0.4, -0.2) is 20.9 Å². The number of hydrogen-bond acceptors (Lipinski definition) is 5. The van der Waals surface area contributed by atoms with E-state index in [1.165, 1.54) is 6.21 Å². The van der Waals surface area contributed by atoms with Crippen LogP contribution in [0.1, 0.15) is 16.7 Å². The highest BCUT2D eigenvalue weighted by molar-refractivity contribution is 5.82. The first kappa shape index (κ1) is 17.2. The van der Waals surface area contributed by atoms with Gasteiger partial charge in [-0.25, -0.2) is 9.36 Å². The van der Waals surface area contributed by atoms with Crippen molar-refractivity contribution in [3.05, 3.63) is 86.1 Å². The number of nitrogens with one attached hydrogen (secondary N) is 2. The molecule has 0 bridgehead atoms. The van der Waals surface area contributed by atoms with Gasteiger partial charge in [-0.2, -0.15) is 5.10 Å². The summed E-state index contributed by atoms with van der Waals surface area (Å²) in [6.45, 7) is 3.69. The van der Waals surface area contributed by atoms with Crippen LogP contribution in [0, 0.1) is 13.8 Å². The number of rotatable bonds is 4. The van der Waals surface area contributed by atoms with Crippen molar-refractivity contribution in [2.24, 2.45) is 5.10 Å². The predicted octanol–water partition coefficient (Wildman–Crippen LogP) is 2.29. The van der Waals surface area contributed by atoms with Crippen molar-refractivity contribution in [1.29, 1.82) is 0 Å². The molecule has 7 heteroatoms. The lowest BCUT2D eigenvalue weighted by molar-refractivity contribution is 0.430. The van der Waals surface area contributed by atoms with Gasteiger partial charge in [0.2, 0.25) is 5.88 Å². The maximum absolute atomic E-state index is 12.3. The molecule has 1 aromatic heterocycles. The molecule has 0 atom stereocenters. The zero-order chi connectivity index (χ0) is 18.7. The number of anilines is 1. The van der Waals surface area contributed by atoms with Crippen molar-refractivity contribution >= 4 is 11.9 Å². The fourth-order valence-electron chi connectivity index (χ4n) is 2.52. The molecule has 0 saturated carbocycles. The summed E-state index contributed by atoms with van der Waals surface area (Å²) >= 11 is 0. The molecule has 0 aliphatic carbocycles. The summed E-state index contributed by atoms with van der Waals surface area (Å²) in [5.41, 5.74) is 4.14. The Labute approximate surface area is 149 Å². The van der Waals surface area contributed by atoms with E-state index in [1.807, 2.05) is 44.2 Å². The molecule has 26 heavy (non-hydrogen) atoms. The molecule has 1 heterocycles. The van der Waals surface area contributed by atoms with Crippen LogP contribution in [0.3, 0.4) is 0 Å². The van der Waals surface area contributed by atoms with Gasteiger partial charge in [-0.15, -0.1) is 0 Å². The molecule has 0 amide bonds. The average molecular weight is 350 g/mol. The van der Waals surface area contributed by atoms with Crippen molar-refractivity contribution in [2.45, 2.75) is 13.8 Å².